The van der Waals surface area contributed by atoms with Crippen molar-refractivity contribution in [2.24, 2.45) is 0 Å². The molecule has 0 atom stereocenters. The number of anilines is 1. The molecule has 2 heterocycles. The molecule has 1 N–H and O–H groups in total. The zero-order chi connectivity index (χ0) is 24.8. The summed E-state index contributed by atoms with van der Waals surface area (Å²) in [4.78, 5) is 51.3. The van der Waals surface area contributed by atoms with Gasteiger partial charge in [-0.3, -0.25) is 14.4 Å². The Morgan fingerprint density at radius 2 is 1.85 bits per heavy atom. The number of benzene rings is 2. The van der Waals surface area contributed by atoms with Gasteiger partial charge in [0, 0.05) is 11.1 Å². The van der Waals surface area contributed by atoms with Crippen LogP contribution in [0.1, 0.15) is 55.4 Å². The molecule has 2 aromatic carbocycles. The molecule has 1 aliphatic rings. The molecule has 0 spiro atoms. The second-order valence-corrected chi connectivity index (χ2v) is 9.18. The highest BCUT2D eigenvalue weighted by molar-refractivity contribution is 7.12. The number of amides is 2. The van der Waals surface area contributed by atoms with Crippen molar-refractivity contribution >= 4 is 40.6 Å². The molecule has 0 bridgehead atoms. The molecule has 7 nitrogen and oxygen atoms in total. The molecule has 0 aliphatic carbocycles. The van der Waals surface area contributed by atoms with Crippen LogP contribution in [0.15, 0.2) is 47.8 Å². The van der Waals surface area contributed by atoms with Crippen LogP contribution in [-0.4, -0.2) is 35.8 Å². The van der Waals surface area contributed by atoms with Crippen LogP contribution in [0.2, 0.25) is 0 Å². The first-order chi connectivity index (χ1) is 16.1. The number of ketones is 1. The lowest BCUT2D eigenvalue weighted by Gasteiger charge is -2.28. The van der Waals surface area contributed by atoms with Crippen LogP contribution in [0.5, 0.6) is 5.75 Å². The Morgan fingerprint density at radius 3 is 2.53 bits per heavy atom. The van der Waals surface area contributed by atoms with Crippen molar-refractivity contribution in [2.45, 2.75) is 25.7 Å². The van der Waals surface area contributed by atoms with E-state index in [1.807, 2.05) is 0 Å². The Balaban J connectivity index is 1.78. The Labute approximate surface area is 198 Å². The summed E-state index contributed by atoms with van der Waals surface area (Å²) in [6, 6.07) is 10.5. The van der Waals surface area contributed by atoms with E-state index in [9.17, 15) is 28.7 Å². The molecule has 2 amide bonds. The third kappa shape index (κ3) is 3.67. The van der Waals surface area contributed by atoms with Crippen LogP contribution in [0.3, 0.4) is 0 Å². The quantitative estimate of drug-likeness (QED) is 0.411. The van der Waals surface area contributed by atoms with E-state index in [2.05, 4.69) is 0 Å². The van der Waals surface area contributed by atoms with Gasteiger partial charge < -0.3 is 9.84 Å². The number of hydrogen-bond donors (Lipinski definition) is 1. The van der Waals surface area contributed by atoms with Crippen LogP contribution in [0, 0.1) is 5.82 Å². The van der Waals surface area contributed by atoms with Gasteiger partial charge in [0.1, 0.15) is 16.4 Å². The molecule has 1 aromatic heterocycles. The lowest BCUT2D eigenvalue weighted by molar-refractivity contribution is -0.117. The van der Waals surface area contributed by atoms with E-state index in [1.54, 1.807) is 38.1 Å². The molecule has 0 fully saturated rings. The molecule has 1 aliphatic heterocycles. The number of methoxy groups -OCH3 is 1. The number of nitrogens with zero attached hydrogens (tertiary/aromatic N) is 1. The van der Waals surface area contributed by atoms with Crippen molar-refractivity contribution in [3.05, 3.63) is 80.8 Å². The van der Waals surface area contributed by atoms with Gasteiger partial charge in [-0.05, 0) is 49.1 Å². The zero-order valence-corrected chi connectivity index (χ0v) is 19.4. The molecule has 0 saturated heterocycles. The van der Waals surface area contributed by atoms with Gasteiger partial charge in [-0.15, -0.1) is 11.3 Å². The summed E-state index contributed by atoms with van der Waals surface area (Å²) in [6.07, 6.45) is -0.255. The lowest BCUT2D eigenvalue weighted by atomic mass is 9.77. The number of ether oxygens (including phenoxy) is 1. The third-order valence-corrected chi connectivity index (χ3v) is 6.88. The van der Waals surface area contributed by atoms with Crippen molar-refractivity contribution in [1.82, 2.24) is 0 Å². The summed E-state index contributed by atoms with van der Waals surface area (Å²) in [7, 11) is 1.49. The minimum atomic E-state index is -1.31. The Kier molecular flexibility index (Phi) is 5.82. The van der Waals surface area contributed by atoms with Gasteiger partial charge in [-0.2, -0.15) is 0 Å². The molecular formula is C25H20FNO6S. The number of thiophene rings is 1. The monoisotopic (exact) mass is 481 g/mol. The lowest BCUT2D eigenvalue weighted by Crippen LogP contribution is -2.43. The van der Waals surface area contributed by atoms with Gasteiger partial charge in [0.05, 0.1) is 30.2 Å². The molecule has 174 valence electrons. The van der Waals surface area contributed by atoms with Crippen LogP contribution in [0.4, 0.5) is 10.1 Å². The number of imide groups is 1. The van der Waals surface area contributed by atoms with E-state index in [1.165, 1.54) is 18.6 Å². The van der Waals surface area contributed by atoms with Gasteiger partial charge >= 0.3 is 5.97 Å². The maximum atomic E-state index is 14.9. The Morgan fingerprint density at radius 1 is 1.15 bits per heavy atom. The first-order valence-corrected chi connectivity index (χ1v) is 11.1. The number of rotatable bonds is 6. The van der Waals surface area contributed by atoms with E-state index < -0.39 is 34.7 Å². The predicted molar refractivity (Wildman–Crippen MR) is 124 cm³/mol. The number of carboxylic acid groups (broad SMARTS) is 1. The smallest absolute Gasteiger partial charge is 0.346 e. The third-order valence-electron chi connectivity index (χ3n) is 5.87. The van der Waals surface area contributed by atoms with E-state index in [4.69, 9.17) is 4.74 Å². The maximum absolute atomic E-state index is 14.9. The second-order valence-electron chi connectivity index (χ2n) is 8.30. The summed E-state index contributed by atoms with van der Waals surface area (Å²) in [5, 5.41) is 10.9. The summed E-state index contributed by atoms with van der Waals surface area (Å²) >= 11 is 0.834. The van der Waals surface area contributed by atoms with Crippen molar-refractivity contribution in [1.29, 1.82) is 0 Å². The number of fused-ring (bicyclic) bond motifs is 1. The SMILES string of the molecule is COc1ccccc1C(C)(C)C(=O)c1ccc(F)c(N2C(=O)Cc3csc(C(=O)O)c3C2=O)c1. The first kappa shape index (κ1) is 23.3. The van der Waals surface area contributed by atoms with E-state index >= 15 is 0 Å². The summed E-state index contributed by atoms with van der Waals surface area (Å²) in [6.45, 7) is 3.40. The molecule has 9 heteroatoms. The van der Waals surface area contributed by atoms with Gasteiger partial charge in [0.15, 0.2) is 5.78 Å². The van der Waals surface area contributed by atoms with E-state index in [-0.39, 0.29) is 28.2 Å². The van der Waals surface area contributed by atoms with Crippen LogP contribution >= 0.6 is 11.3 Å². The molecular weight excluding hydrogens is 461 g/mol. The highest BCUT2D eigenvalue weighted by Gasteiger charge is 2.39. The fourth-order valence-corrected chi connectivity index (χ4v) is 4.99. The molecule has 34 heavy (non-hydrogen) atoms. The summed E-state index contributed by atoms with van der Waals surface area (Å²) in [5.41, 5.74) is -0.615. The average molecular weight is 482 g/mol. The fraction of sp³-hybridized carbons (Fsp3) is 0.200. The van der Waals surface area contributed by atoms with Gasteiger partial charge in [-0.1, -0.05) is 18.2 Å². The molecule has 0 radical (unpaired) electrons. The largest absolute Gasteiger partial charge is 0.496 e. The second kappa shape index (κ2) is 8.49. The minimum Gasteiger partial charge on any atom is -0.496 e. The first-order valence-electron chi connectivity index (χ1n) is 10.3. The molecule has 4 rings (SSSR count). The van der Waals surface area contributed by atoms with Crippen LogP contribution in [-0.2, 0) is 16.6 Å². The number of para-hydroxylation sites is 1. The summed E-state index contributed by atoms with van der Waals surface area (Å²) < 4.78 is 20.3. The zero-order valence-electron chi connectivity index (χ0n) is 18.5. The molecule has 0 unspecified atom stereocenters. The number of halogens is 1. The van der Waals surface area contributed by atoms with Crippen LogP contribution < -0.4 is 9.64 Å². The summed E-state index contributed by atoms with van der Waals surface area (Å²) in [5.74, 6) is -3.70. The molecule has 0 saturated carbocycles. The van der Waals surface area contributed by atoms with Crippen LogP contribution in [0.25, 0.3) is 0 Å². The van der Waals surface area contributed by atoms with Gasteiger partial charge in [0.25, 0.3) is 5.91 Å². The minimum absolute atomic E-state index is 0.0856. The normalized spacial score (nSPS) is 13.6. The maximum Gasteiger partial charge on any atom is 0.346 e. The number of aromatic carboxylic acids is 1. The fourth-order valence-electron chi connectivity index (χ4n) is 4.10. The highest BCUT2D eigenvalue weighted by Crippen LogP contribution is 2.37. The Hall–Kier alpha value is -3.85. The van der Waals surface area contributed by atoms with Gasteiger partial charge in [-0.25, -0.2) is 14.1 Å². The van der Waals surface area contributed by atoms with E-state index in [0.717, 1.165) is 23.5 Å². The number of carboxylic acids is 1. The Bertz CT molecular complexity index is 1360. The van der Waals surface area contributed by atoms with Crippen molar-refractivity contribution in [2.75, 3.05) is 12.0 Å². The highest BCUT2D eigenvalue weighted by atomic mass is 32.1. The average Bonchev–Trinajstić information content (AvgIpc) is 3.24. The van der Waals surface area contributed by atoms with Gasteiger partial charge in [0.2, 0.25) is 5.91 Å². The molecule has 3 aromatic rings. The van der Waals surface area contributed by atoms with Crippen molar-refractivity contribution < 1.29 is 33.4 Å². The number of hydrogen-bond acceptors (Lipinski definition) is 6. The number of Topliss-reactive ketones (excluding diaryl/α,β-unsaturated/α-hetero) is 1. The number of carbonyl (C=O) groups excluding carboxylic acids is 3. The number of carbonyl (C=O) groups is 4. The topological polar surface area (TPSA) is 101 Å². The standard InChI is InChI=1S/C25H20FNO6S/c1-25(2,15-6-4-5-7-18(15)33-3)22(29)13-8-9-16(26)17(10-13)27-19(28)11-14-12-34-21(24(31)32)20(14)23(27)30/h4-10,12H,11H2,1-3H3,(H,31,32). The van der Waals surface area contributed by atoms with Crippen molar-refractivity contribution in [3.8, 4) is 5.75 Å². The van der Waals surface area contributed by atoms with Crippen molar-refractivity contribution in [3.63, 3.8) is 0 Å². The van der Waals surface area contributed by atoms with E-state index in [0.29, 0.717) is 21.8 Å². The predicted octanol–water partition coefficient (Wildman–Crippen LogP) is 4.48.